The first-order valence-corrected chi connectivity index (χ1v) is 6.31. The quantitative estimate of drug-likeness (QED) is 0.593. The maximum absolute atomic E-state index is 11.5. The van der Waals surface area contributed by atoms with Crippen LogP contribution in [0.2, 0.25) is 0 Å². The molecule has 0 aromatic carbocycles. The molecule has 1 aliphatic rings. The van der Waals surface area contributed by atoms with Gasteiger partial charge in [0.1, 0.15) is 0 Å². The Morgan fingerprint density at radius 3 is 2.53 bits per heavy atom. The highest BCUT2D eigenvalue weighted by Gasteiger charge is 2.23. The summed E-state index contributed by atoms with van der Waals surface area (Å²) < 4.78 is 0. The molecule has 5 nitrogen and oxygen atoms in total. The number of amides is 2. The van der Waals surface area contributed by atoms with Crippen LogP contribution < -0.4 is 16.4 Å². The molecular formula is C12H23N3O2. The molecule has 0 aromatic heterocycles. The fraction of sp³-hybridized carbons (Fsp3) is 0.833. The molecule has 0 aromatic rings. The molecule has 0 heterocycles. The lowest BCUT2D eigenvalue weighted by Gasteiger charge is -2.13. The van der Waals surface area contributed by atoms with Gasteiger partial charge in [0.15, 0.2) is 0 Å². The molecule has 5 heteroatoms. The van der Waals surface area contributed by atoms with E-state index in [9.17, 15) is 9.59 Å². The molecule has 1 unspecified atom stereocenters. The van der Waals surface area contributed by atoms with Gasteiger partial charge in [-0.3, -0.25) is 9.59 Å². The normalized spacial score (nSPS) is 16.7. The fourth-order valence-electron chi connectivity index (χ4n) is 1.57. The van der Waals surface area contributed by atoms with Crippen LogP contribution in [-0.2, 0) is 9.59 Å². The third-order valence-corrected chi connectivity index (χ3v) is 2.66. The molecule has 17 heavy (non-hydrogen) atoms. The number of carbonyl (C=O) groups excluding carboxylic acids is 2. The second-order valence-corrected chi connectivity index (χ2v) is 5.12. The zero-order chi connectivity index (χ0) is 12.8. The van der Waals surface area contributed by atoms with E-state index in [0.717, 1.165) is 12.8 Å². The number of hydrogen-bond donors (Lipinski definition) is 3. The predicted molar refractivity (Wildman–Crippen MR) is 66.2 cm³/mol. The van der Waals surface area contributed by atoms with Gasteiger partial charge < -0.3 is 16.4 Å². The first kappa shape index (κ1) is 14.0. The zero-order valence-electron chi connectivity index (χ0n) is 10.7. The van der Waals surface area contributed by atoms with Gasteiger partial charge >= 0.3 is 0 Å². The Hall–Kier alpha value is -1.10. The second-order valence-electron chi connectivity index (χ2n) is 5.12. The Morgan fingerprint density at radius 2 is 2.00 bits per heavy atom. The van der Waals surface area contributed by atoms with Crippen molar-refractivity contribution in [3.05, 3.63) is 0 Å². The highest BCUT2D eigenvalue weighted by Crippen LogP contribution is 2.18. The van der Waals surface area contributed by atoms with Gasteiger partial charge in [0.25, 0.3) is 0 Å². The van der Waals surface area contributed by atoms with Crippen LogP contribution in [0.5, 0.6) is 0 Å². The summed E-state index contributed by atoms with van der Waals surface area (Å²) in [5, 5.41) is 5.56. The maximum Gasteiger partial charge on any atom is 0.236 e. The van der Waals surface area contributed by atoms with Crippen molar-refractivity contribution in [3.8, 4) is 0 Å². The van der Waals surface area contributed by atoms with Crippen molar-refractivity contribution in [2.45, 2.75) is 51.6 Å². The molecule has 1 saturated carbocycles. The van der Waals surface area contributed by atoms with Crippen LogP contribution in [-0.4, -0.2) is 30.4 Å². The second kappa shape index (κ2) is 6.59. The van der Waals surface area contributed by atoms with Gasteiger partial charge in [-0.1, -0.05) is 13.8 Å². The van der Waals surface area contributed by atoms with Crippen molar-refractivity contribution >= 4 is 11.8 Å². The molecule has 0 aliphatic heterocycles. The lowest BCUT2D eigenvalue weighted by atomic mass is 10.0. The summed E-state index contributed by atoms with van der Waals surface area (Å²) in [4.78, 5) is 22.9. The lowest BCUT2D eigenvalue weighted by Crippen LogP contribution is -2.42. The van der Waals surface area contributed by atoms with Gasteiger partial charge in [-0.2, -0.15) is 0 Å². The third kappa shape index (κ3) is 6.26. The Balaban J connectivity index is 2.07. The van der Waals surface area contributed by atoms with Gasteiger partial charge in [0.05, 0.1) is 6.04 Å². The molecule has 2 amide bonds. The lowest BCUT2D eigenvalue weighted by molar-refractivity contribution is -0.123. The van der Waals surface area contributed by atoms with E-state index in [1.807, 2.05) is 13.8 Å². The van der Waals surface area contributed by atoms with Crippen LogP contribution in [0.4, 0.5) is 0 Å². The first-order valence-electron chi connectivity index (χ1n) is 6.31. The van der Waals surface area contributed by atoms with Crippen LogP contribution in [0.15, 0.2) is 0 Å². The number of nitrogens with one attached hydrogen (secondary N) is 2. The monoisotopic (exact) mass is 241 g/mol. The topological polar surface area (TPSA) is 84.2 Å². The Morgan fingerprint density at radius 1 is 1.35 bits per heavy atom. The number of nitrogens with two attached hydrogens (primary N) is 1. The predicted octanol–water partition coefficient (Wildman–Crippen LogP) is 0.145. The van der Waals surface area contributed by atoms with Crippen molar-refractivity contribution in [2.24, 2.45) is 11.7 Å². The number of hydrogen-bond acceptors (Lipinski definition) is 3. The van der Waals surface area contributed by atoms with Crippen LogP contribution >= 0.6 is 0 Å². The van der Waals surface area contributed by atoms with E-state index in [2.05, 4.69) is 10.6 Å². The van der Waals surface area contributed by atoms with Crippen molar-refractivity contribution < 1.29 is 9.59 Å². The molecule has 98 valence electrons. The number of carbonyl (C=O) groups is 2. The van der Waals surface area contributed by atoms with E-state index in [0.29, 0.717) is 31.3 Å². The minimum Gasteiger partial charge on any atom is -0.354 e. The minimum atomic E-state index is -0.471. The van der Waals surface area contributed by atoms with E-state index in [1.54, 1.807) is 0 Å². The van der Waals surface area contributed by atoms with E-state index < -0.39 is 6.04 Å². The summed E-state index contributed by atoms with van der Waals surface area (Å²) in [5.41, 5.74) is 5.71. The van der Waals surface area contributed by atoms with Gasteiger partial charge in [0, 0.05) is 19.0 Å². The van der Waals surface area contributed by atoms with Crippen molar-refractivity contribution in [3.63, 3.8) is 0 Å². The SMILES string of the molecule is CC(C)CC(N)C(=O)NCCC(=O)NC1CC1. The summed E-state index contributed by atoms with van der Waals surface area (Å²) in [5.74, 6) is 0.233. The Labute approximate surface area is 103 Å². The summed E-state index contributed by atoms with van der Waals surface area (Å²) >= 11 is 0. The van der Waals surface area contributed by atoms with Crippen LogP contribution in [0.25, 0.3) is 0 Å². The minimum absolute atomic E-state index is 0.00484. The molecule has 0 radical (unpaired) electrons. The Bertz CT molecular complexity index is 275. The standard InChI is InChI=1S/C12H23N3O2/c1-8(2)7-10(13)12(17)14-6-5-11(16)15-9-3-4-9/h8-10H,3-7,13H2,1-2H3,(H,14,17)(H,15,16). The molecule has 1 aliphatic carbocycles. The zero-order valence-corrected chi connectivity index (χ0v) is 10.7. The molecule has 1 atom stereocenters. The first-order chi connectivity index (χ1) is 7.99. The van der Waals surface area contributed by atoms with Gasteiger partial charge in [-0.05, 0) is 25.2 Å². The summed E-state index contributed by atoms with van der Waals surface area (Å²) in [7, 11) is 0. The van der Waals surface area contributed by atoms with Crippen molar-refractivity contribution in [2.75, 3.05) is 6.54 Å². The molecule has 0 bridgehead atoms. The van der Waals surface area contributed by atoms with E-state index in [1.165, 1.54) is 0 Å². The number of rotatable bonds is 7. The van der Waals surface area contributed by atoms with Gasteiger partial charge in [-0.15, -0.1) is 0 Å². The van der Waals surface area contributed by atoms with E-state index >= 15 is 0 Å². The fourth-order valence-corrected chi connectivity index (χ4v) is 1.57. The smallest absolute Gasteiger partial charge is 0.236 e. The molecule has 1 fully saturated rings. The largest absolute Gasteiger partial charge is 0.354 e. The molecule has 0 spiro atoms. The Kier molecular flexibility index (Phi) is 5.41. The maximum atomic E-state index is 11.5. The summed E-state index contributed by atoms with van der Waals surface area (Å²) in [6.07, 6.45) is 3.16. The highest BCUT2D eigenvalue weighted by atomic mass is 16.2. The summed E-state index contributed by atoms with van der Waals surface area (Å²) in [6, 6.07) is -0.0945. The van der Waals surface area contributed by atoms with Crippen molar-refractivity contribution in [1.29, 1.82) is 0 Å². The van der Waals surface area contributed by atoms with Gasteiger partial charge in [0.2, 0.25) is 11.8 Å². The van der Waals surface area contributed by atoms with E-state index in [4.69, 9.17) is 5.73 Å². The highest BCUT2D eigenvalue weighted by molar-refractivity contribution is 5.82. The molecular weight excluding hydrogens is 218 g/mol. The van der Waals surface area contributed by atoms with Gasteiger partial charge in [-0.25, -0.2) is 0 Å². The molecule has 1 rings (SSSR count). The third-order valence-electron chi connectivity index (χ3n) is 2.66. The van der Waals surface area contributed by atoms with Crippen LogP contribution in [0.1, 0.15) is 39.5 Å². The molecule has 4 N–H and O–H groups in total. The van der Waals surface area contributed by atoms with Crippen LogP contribution in [0.3, 0.4) is 0 Å². The average Bonchev–Trinajstić information content (AvgIpc) is 3.00. The van der Waals surface area contributed by atoms with Crippen molar-refractivity contribution in [1.82, 2.24) is 10.6 Å². The van der Waals surface area contributed by atoms with Crippen LogP contribution in [0, 0.1) is 5.92 Å². The molecule has 0 saturated heterocycles. The summed E-state index contributed by atoms with van der Waals surface area (Å²) in [6.45, 7) is 4.41. The average molecular weight is 241 g/mol. The van der Waals surface area contributed by atoms with E-state index in [-0.39, 0.29) is 11.8 Å².